The Labute approximate surface area is 162 Å². The highest BCUT2D eigenvalue weighted by Gasteiger charge is 2.26. The number of rotatable bonds is 4. The van der Waals surface area contributed by atoms with Gasteiger partial charge in [0.25, 0.3) is 5.91 Å². The van der Waals surface area contributed by atoms with Crippen LogP contribution in [0.3, 0.4) is 0 Å². The summed E-state index contributed by atoms with van der Waals surface area (Å²) in [4.78, 5) is 12.3. The van der Waals surface area contributed by atoms with Gasteiger partial charge >= 0.3 is 0 Å². The molecule has 9 heteroatoms. The molecule has 1 aliphatic heterocycles. The zero-order chi connectivity index (χ0) is 19.4. The van der Waals surface area contributed by atoms with Crippen LogP contribution in [0.4, 0.5) is 10.1 Å². The number of carbonyl (C=O) groups excluding carboxylic acids is 1. The molecule has 0 bridgehead atoms. The molecule has 2 aromatic carbocycles. The highest BCUT2D eigenvalue weighted by Crippen LogP contribution is 2.22. The molecule has 2 aromatic rings. The first-order valence-electron chi connectivity index (χ1n) is 8.34. The van der Waals surface area contributed by atoms with Gasteiger partial charge in [-0.1, -0.05) is 0 Å². The van der Waals surface area contributed by atoms with Crippen LogP contribution in [0.25, 0.3) is 0 Å². The van der Waals surface area contributed by atoms with Crippen molar-refractivity contribution in [3.63, 3.8) is 0 Å². The molecule has 2 N–H and O–H groups in total. The van der Waals surface area contributed by atoms with E-state index in [1.54, 1.807) is 12.1 Å². The summed E-state index contributed by atoms with van der Waals surface area (Å²) >= 11 is 5.09. The second-order valence-electron chi connectivity index (χ2n) is 6.05. The van der Waals surface area contributed by atoms with Crippen LogP contribution >= 0.6 is 12.2 Å². The third kappa shape index (κ3) is 4.68. The number of benzene rings is 2. The van der Waals surface area contributed by atoms with Crippen LogP contribution in [0.15, 0.2) is 53.4 Å². The maximum Gasteiger partial charge on any atom is 0.257 e. The van der Waals surface area contributed by atoms with Gasteiger partial charge in [0, 0.05) is 24.3 Å². The van der Waals surface area contributed by atoms with Gasteiger partial charge in [-0.25, -0.2) is 12.8 Å². The maximum atomic E-state index is 12.9. The van der Waals surface area contributed by atoms with E-state index < -0.39 is 21.7 Å². The Bertz CT molecular complexity index is 939. The molecule has 0 unspecified atom stereocenters. The Hall–Kier alpha value is -2.36. The summed E-state index contributed by atoms with van der Waals surface area (Å²) in [5, 5.41) is 5.36. The highest BCUT2D eigenvalue weighted by atomic mass is 32.2. The van der Waals surface area contributed by atoms with Gasteiger partial charge in [0.15, 0.2) is 5.11 Å². The first kappa shape index (κ1) is 19.4. The van der Waals surface area contributed by atoms with Crippen LogP contribution in [0.5, 0.6) is 0 Å². The van der Waals surface area contributed by atoms with E-state index in [0.29, 0.717) is 18.8 Å². The molecule has 0 aromatic heterocycles. The SMILES string of the molecule is O=C(NC(=S)Nc1ccc(S(=O)(=O)N2CCCC2)cc1)c1ccc(F)cc1. The Kier molecular flexibility index (Phi) is 5.83. The van der Waals surface area contributed by atoms with Crippen molar-refractivity contribution in [2.75, 3.05) is 18.4 Å². The monoisotopic (exact) mass is 407 g/mol. The van der Waals surface area contributed by atoms with E-state index in [4.69, 9.17) is 12.2 Å². The lowest BCUT2D eigenvalue weighted by Crippen LogP contribution is -2.34. The molecule has 1 fully saturated rings. The summed E-state index contributed by atoms with van der Waals surface area (Å²) in [7, 11) is -3.47. The van der Waals surface area contributed by atoms with Crippen molar-refractivity contribution in [3.05, 3.63) is 59.9 Å². The number of nitrogens with zero attached hydrogens (tertiary/aromatic N) is 1. The molecule has 0 radical (unpaired) electrons. The Morgan fingerprint density at radius 1 is 1.00 bits per heavy atom. The number of anilines is 1. The molecule has 0 aliphatic carbocycles. The number of hydrogen-bond donors (Lipinski definition) is 2. The van der Waals surface area contributed by atoms with Gasteiger partial charge in [0.2, 0.25) is 10.0 Å². The minimum atomic E-state index is -3.47. The molecule has 1 amide bonds. The van der Waals surface area contributed by atoms with Crippen molar-refractivity contribution in [3.8, 4) is 0 Å². The molecule has 1 heterocycles. The molecular formula is C18H18FN3O3S2. The van der Waals surface area contributed by atoms with Gasteiger partial charge in [-0.3, -0.25) is 10.1 Å². The van der Waals surface area contributed by atoms with Crippen molar-refractivity contribution in [1.29, 1.82) is 0 Å². The van der Waals surface area contributed by atoms with Crippen LogP contribution < -0.4 is 10.6 Å². The van der Waals surface area contributed by atoms with Gasteiger partial charge in [0.05, 0.1) is 4.90 Å². The Morgan fingerprint density at radius 3 is 2.19 bits per heavy atom. The van der Waals surface area contributed by atoms with Gasteiger partial charge in [0.1, 0.15) is 5.82 Å². The number of thiocarbonyl (C=S) groups is 1. The van der Waals surface area contributed by atoms with Crippen LogP contribution in [0, 0.1) is 5.82 Å². The number of halogens is 1. The number of amides is 1. The first-order chi connectivity index (χ1) is 12.9. The molecular weight excluding hydrogens is 389 g/mol. The van der Waals surface area contributed by atoms with Gasteiger partial charge in [-0.05, 0) is 73.6 Å². The fraction of sp³-hybridized carbons (Fsp3) is 0.222. The lowest BCUT2D eigenvalue weighted by molar-refractivity contribution is 0.0977. The van der Waals surface area contributed by atoms with Crippen molar-refractivity contribution in [2.45, 2.75) is 17.7 Å². The van der Waals surface area contributed by atoms with Crippen molar-refractivity contribution < 1.29 is 17.6 Å². The Balaban J connectivity index is 1.61. The summed E-state index contributed by atoms with van der Waals surface area (Å²) in [5.74, 6) is -0.906. The second kappa shape index (κ2) is 8.12. The van der Waals surface area contributed by atoms with Crippen molar-refractivity contribution in [1.82, 2.24) is 9.62 Å². The summed E-state index contributed by atoms with van der Waals surface area (Å²) in [6.45, 7) is 1.09. The first-order valence-corrected chi connectivity index (χ1v) is 10.2. The lowest BCUT2D eigenvalue weighted by atomic mass is 10.2. The topological polar surface area (TPSA) is 78.5 Å². The van der Waals surface area contributed by atoms with Gasteiger partial charge in [-0.2, -0.15) is 4.31 Å². The van der Waals surface area contributed by atoms with Crippen LogP contribution in [-0.2, 0) is 10.0 Å². The van der Waals surface area contributed by atoms with E-state index in [1.807, 2.05) is 0 Å². The molecule has 0 saturated carbocycles. The third-order valence-electron chi connectivity index (χ3n) is 4.15. The van der Waals surface area contributed by atoms with E-state index in [1.165, 1.54) is 40.7 Å². The molecule has 6 nitrogen and oxygen atoms in total. The molecule has 1 saturated heterocycles. The van der Waals surface area contributed by atoms with Gasteiger partial charge in [-0.15, -0.1) is 0 Å². The normalized spacial score (nSPS) is 14.7. The standard InChI is InChI=1S/C18H18FN3O3S2/c19-14-5-3-13(4-6-14)17(23)21-18(26)20-15-7-9-16(10-8-15)27(24,25)22-11-1-2-12-22/h3-10H,1-2,11-12H2,(H2,20,21,23,26). The molecule has 0 atom stereocenters. The van der Waals surface area contributed by atoms with E-state index in [9.17, 15) is 17.6 Å². The Morgan fingerprint density at radius 2 is 1.59 bits per heavy atom. The molecule has 3 rings (SSSR count). The van der Waals surface area contributed by atoms with E-state index >= 15 is 0 Å². The molecule has 0 spiro atoms. The maximum absolute atomic E-state index is 12.9. The fourth-order valence-electron chi connectivity index (χ4n) is 2.73. The fourth-order valence-corrected chi connectivity index (χ4v) is 4.45. The average molecular weight is 407 g/mol. The quantitative estimate of drug-likeness (QED) is 0.762. The summed E-state index contributed by atoms with van der Waals surface area (Å²) in [6.07, 6.45) is 1.75. The number of carbonyl (C=O) groups is 1. The predicted molar refractivity (Wildman–Crippen MR) is 105 cm³/mol. The summed E-state index contributed by atoms with van der Waals surface area (Å²) in [6, 6.07) is 11.2. The number of nitrogens with one attached hydrogen (secondary N) is 2. The minimum Gasteiger partial charge on any atom is -0.332 e. The lowest BCUT2D eigenvalue weighted by Gasteiger charge is -2.16. The average Bonchev–Trinajstić information content (AvgIpc) is 3.18. The van der Waals surface area contributed by atoms with Crippen molar-refractivity contribution in [2.24, 2.45) is 0 Å². The summed E-state index contributed by atoms with van der Waals surface area (Å²) < 4.78 is 39.4. The number of sulfonamides is 1. The second-order valence-corrected chi connectivity index (χ2v) is 8.40. The van der Waals surface area contributed by atoms with E-state index in [-0.39, 0.29) is 15.6 Å². The zero-order valence-electron chi connectivity index (χ0n) is 14.3. The minimum absolute atomic E-state index is 0.0551. The van der Waals surface area contributed by atoms with Crippen molar-refractivity contribution >= 4 is 38.9 Å². The van der Waals surface area contributed by atoms with Gasteiger partial charge < -0.3 is 5.32 Å². The predicted octanol–water partition coefficient (Wildman–Crippen LogP) is 2.74. The van der Waals surface area contributed by atoms with Crippen LogP contribution in [0.2, 0.25) is 0 Å². The zero-order valence-corrected chi connectivity index (χ0v) is 15.9. The molecule has 142 valence electrons. The smallest absolute Gasteiger partial charge is 0.257 e. The summed E-state index contributed by atoms with van der Waals surface area (Å²) in [5.41, 5.74) is 0.812. The molecule has 27 heavy (non-hydrogen) atoms. The van der Waals surface area contributed by atoms with Crippen LogP contribution in [0.1, 0.15) is 23.2 Å². The van der Waals surface area contributed by atoms with E-state index in [0.717, 1.165) is 12.8 Å². The largest absolute Gasteiger partial charge is 0.332 e. The highest BCUT2D eigenvalue weighted by molar-refractivity contribution is 7.89. The van der Waals surface area contributed by atoms with E-state index in [2.05, 4.69) is 10.6 Å². The third-order valence-corrected chi connectivity index (χ3v) is 6.27. The number of hydrogen-bond acceptors (Lipinski definition) is 4. The molecule has 1 aliphatic rings. The van der Waals surface area contributed by atoms with Crippen LogP contribution in [-0.4, -0.2) is 36.8 Å².